The molecule has 16 heteroatoms. The molecule has 2 fully saturated rings. The molecule has 1 aromatic heterocycles. The summed E-state index contributed by atoms with van der Waals surface area (Å²) in [4.78, 5) is 30.3. The highest BCUT2D eigenvalue weighted by molar-refractivity contribution is 7.90. The van der Waals surface area contributed by atoms with Gasteiger partial charge in [0, 0.05) is 37.9 Å². The number of halogens is 5. The van der Waals surface area contributed by atoms with Crippen LogP contribution in [-0.2, 0) is 25.6 Å². The largest absolute Gasteiger partial charge is 0.477 e. The number of aromatic nitrogens is 2. The van der Waals surface area contributed by atoms with Gasteiger partial charge in [-0.15, -0.1) is 0 Å². The summed E-state index contributed by atoms with van der Waals surface area (Å²) in [6, 6.07) is 0.414. The highest BCUT2D eigenvalue weighted by Gasteiger charge is 2.42. The van der Waals surface area contributed by atoms with Gasteiger partial charge in [0.1, 0.15) is 10.7 Å². The van der Waals surface area contributed by atoms with Crippen LogP contribution < -0.4 is 9.64 Å². The summed E-state index contributed by atoms with van der Waals surface area (Å²) in [5.41, 5.74) is 0. The lowest BCUT2D eigenvalue weighted by Gasteiger charge is -2.40. The molecule has 10 nitrogen and oxygen atoms in total. The van der Waals surface area contributed by atoms with Gasteiger partial charge in [-0.1, -0.05) is 0 Å². The van der Waals surface area contributed by atoms with Crippen molar-refractivity contribution in [1.82, 2.24) is 15.0 Å². The van der Waals surface area contributed by atoms with E-state index in [1.165, 1.54) is 4.90 Å². The van der Waals surface area contributed by atoms with E-state index in [1.54, 1.807) is 0 Å². The number of hydrogen-bond acceptors (Lipinski definition) is 8. The van der Waals surface area contributed by atoms with E-state index in [-0.39, 0.29) is 32.4 Å². The number of alkyl halides is 3. The van der Waals surface area contributed by atoms with Crippen LogP contribution >= 0.6 is 0 Å². The SMILES string of the molecule is CS(=O)(=O)c1cc(F)c(OC2CCCN(C3CCN(c4noc(C(F)(F)F)n4)C(=O)C3)C2=O)cc1F. The van der Waals surface area contributed by atoms with Gasteiger partial charge >= 0.3 is 12.1 Å². The number of hydrogen-bond donors (Lipinski definition) is 0. The quantitative estimate of drug-likeness (QED) is 0.532. The standard InChI is InChI=1S/C20H19F5N4O6S/c1-36(32,33)15-9-11(21)14(8-12(15)22)34-13-3-2-5-28(17(13)31)10-4-6-29(16(30)7-10)19-26-18(35-27-19)20(23,24)25/h8-10,13H,2-7H2,1H3. The van der Waals surface area contributed by atoms with Gasteiger partial charge in [-0.25, -0.2) is 17.2 Å². The van der Waals surface area contributed by atoms with E-state index in [4.69, 9.17) is 4.74 Å². The van der Waals surface area contributed by atoms with Gasteiger partial charge in [0.05, 0.1) is 0 Å². The second-order valence-corrected chi connectivity index (χ2v) is 10.3. The molecule has 0 N–H and O–H groups in total. The van der Waals surface area contributed by atoms with Crippen LogP contribution in [0.25, 0.3) is 0 Å². The van der Waals surface area contributed by atoms with Gasteiger partial charge in [0.15, 0.2) is 27.5 Å². The predicted octanol–water partition coefficient (Wildman–Crippen LogP) is 2.34. The number of piperidine rings is 2. The third kappa shape index (κ3) is 5.12. The van der Waals surface area contributed by atoms with Gasteiger partial charge in [-0.3, -0.25) is 14.5 Å². The van der Waals surface area contributed by atoms with Crippen molar-refractivity contribution in [2.24, 2.45) is 0 Å². The lowest BCUT2D eigenvalue weighted by Crippen LogP contribution is -2.55. The van der Waals surface area contributed by atoms with Gasteiger partial charge in [0.25, 0.3) is 11.9 Å². The first-order valence-electron chi connectivity index (χ1n) is 10.6. The first-order valence-corrected chi connectivity index (χ1v) is 12.5. The molecule has 2 aliphatic rings. The molecule has 2 saturated heterocycles. The van der Waals surface area contributed by atoms with Crippen molar-refractivity contribution >= 4 is 27.6 Å². The number of anilines is 1. The first kappa shape index (κ1) is 25.8. The molecule has 2 atom stereocenters. The van der Waals surface area contributed by atoms with E-state index >= 15 is 0 Å². The number of benzene rings is 1. The molecule has 3 heterocycles. The Morgan fingerprint density at radius 2 is 1.83 bits per heavy atom. The summed E-state index contributed by atoms with van der Waals surface area (Å²) in [7, 11) is -4.03. The predicted molar refractivity (Wildman–Crippen MR) is 110 cm³/mol. The summed E-state index contributed by atoms with van der Waals surface area (Å²) in [5.74, 6) is -6.37. The van der Waals surface area contributed by atoms with Crippen molar-refractivity contribution in [2.45, 2.75) is 48.9 Å². The zero-order valence-electron chi connectivity index (χ0n) is 18.6. The summed E-state index contributed by atoms with van der Waals surface area (Å²) >= 11 is 0. The Bertz CT molecular complexity index is 1300. The molecule has 36 heavy (non-hydrogen) atoms. The Kier molecular flexibility index (Phi) is 6.66. The Labute approximate surface area is 200 Å². The fraction of sp³-hybridized carbons (Fsp3) is 0.500. The van der Waals surface area contributed by atoms with Crippen molar-refractivity contribution in [1.29, 1.82) is 0 Å². The van der Waals surface area contributed by atoms with E-state index in [0.717, 1.165) is 4.90 Å². The van der Waals surface area contributed by atoms with Crippen molar-refractivity contribution < 1.29 is 49.2 Å². The lowest BCUT2D eigenvalue weighted by molar-refractivity contribution is -0.159. The minimum absolute atomic E-state index is 0.0809. The fourth-order valence-corrected chi connectivity index (χ4v) is 4.84. The minimum atomic E-state index is -4.87. The summed E-state index contributed by atoms with van der Waals surface area (Å²) < 4.78 is 99.3. The molecule has 4 rings (SSSR count). The average Bonchev–Trinajstić information content (AvgIpc) is 3.27. The first-order chi connectivity index (χ1) is 16.8. The van der Waals surface area contributed by atoms with E-state index in [0.29, 0.717) is 24.8 Å². The topological polar surface area (TPSA) is 123 Å². The Morgan fingerprint density at radius 3 is 2.44 bits per heavy atom. The van der Waals surface area contributed by atoms with Crippen LogP contribution in [0.15, 0.2) is 21.6 Å². The van der Waals surface area contributed by atoms with Crippen LogP contribution in [0.3, 0.4) is 0 Å². The summed E-state index contributed by atoms with van der Waals surface area (Å²) in [6.07, 6.45) is -4.83. The molecule has 2 aliphatic heterocycles. The van der Waals surface area contributed by atoms with E-state index in [1.807, 2.05) is 0 Å². The number of carbonyl (C=O) groups is 2. The maximum absolute atomic E-state index is 14.4. The molecular weight excluding hydrogens is 519 g/mol. The summed E-state index contributed by atoms with van der Waals surface area (Å²) in [5, 5.41) is 3.20. The highest BCUT2D eigenvalue weighted by atomic mass is 32.2. The van der Waals surface area contributed by atoms with Crippen molar-refractivity contribution in [3.8, 4) is 5.75 Å². The van der Waals surface area contributed by atoms with Crippen LogP contribution in [0.4, 0.5) is 27.9 Å². The maximum Gasteiger partial charge on any atom is 0.471 e. The van der Waals surface area contributed by atoms with Crippen molar-refractivity contribution in [3.63, 3.8) is 0 Å². The van der Waals surface area contributed by atoms with Crippen LogP contribution in [0.1, 0.15) is 31.6 Å². The normalized spacial score (nSPS) is 21.7. The molecule has 0 aliphatic carbocycles. The molecule has 2 unspecified atom stereocenters. The van der Waals surface area contributed by atoms with Gasteiger partial charge in [-0.05, 0) is 30.5 Å². The maximum atomic E-state index is 14.4. The molecule has 2 aromatic rings. The lowest BCUT2D eigenvalue weighted by atomic mass is 9.98. The molecule has 0 spiro atoms. The molecule has 0 radical (unpaired) electrons. The van der Waals surface area contributed by atoms with Crippen LogP contribution in [-0.4, -0.2) is 66.8 Å². The number of likely N-dealkylation sites (tertiary alicyclic amines) is 1. The number of nitrogens with zero attached hydrogens (tertiary/aromatic N) is 4. The molecule has 0 bridgehead atoms. The van der Waals surface area contributed by atoms with E-state index < -0.39 is 74.1 Å². The molecule has 1 aromatic carbocycles. The monoisotopic (exact) mass is 538 g/mol. The molecule has 2 amide bonds. The average molecular weight is 538 g/mol. The zero-order chi connectivity index (χ0) is 26.4. The number of rotatable bonds is 5. The van der Waals surface area contributed by atoms with Crippen LogP contribution in [0, 0.1) is 11.6 Å². The minimum Gasteiger partial charge on any atom is -0.477 e. The molecule has 196 valence electrons. The number of ether oxygens (including phenoxy) is 1. The van der Waals surface area contributed by atoms with E-state index in [2.05, 4.69) is 14.7 Å². The smallest absolute Gasteiger partial charge is 0.471 e. The van der Waals surface area contributed by atoms with Crippen molar-refractivity contribution in [3.05, 3.63) is 29.7 Å². The van der Waals surface area contributed by atoms with Crippen LogP contribution in [0.2, 0.25) is 0 Å². The number of sulfone groups is 1. The summed E-state index contributed by atoms with van der Waals surface area (Å²) in [6.45, 7) is 0.170. The molecule has 0 saturated carbocycles. The second kappa shape index (κ2) is 9.29. The van der Waals surface area contributed by atoms with Crippen LogP contribution in [0.5, 0.6) is 5.75 Å². The Morgan fingerprint density at radius 1 is 1.11 bits per heavy atom. The van der Waals surface area contributed by atoms with Gasteiger partial charge < -0.3 is 14.2 Å². The van der Waals surface area contributed by atoms with E-state index in [9.17, 15) is 40.0 Å². The zero-order valence-corrected chi connectivity index (χ0v) is 19.4. The van der Waals surface area contributed by atoms with Crippen molar-refractivity contribution in [2.75, 3.05) is 24.2 Å². The highest BCUT2D eigenvalue weighted by Crippen LogP contribution is 2.32. The third-order valence-corrected chi connectivity index (χ3v) is 6.93. The van der Waals surface area contributed by atoms with Gasteiger partial charge in [-0.2, -0.15) is 18.2 Å². The Hall–Kier alpha value is -3.30. The van der Waals surface area contributed by atoms with Gasteiger partial charge in [0.2, 0.25) is 5.91 Å². The number of carbonyl (C=O) groups excluding carboxylic acids is 2. The Balaban J connectivity index is 1.44. The fourth-order valence-electron chi connectivity index (χ4n) is 4.11. The number of amides is 2. The molecular formula is C20H19F5N4O6S. The third-order valence-electron chi connectivity index (χ3n) is 5.82. The second-order valence-electron chi connectivity index (χ2n) is 8.35.